The van der Waals surface area contributed by atoms with Gasteiger partial charge in [0.05, 0.1) is 0 Å². The van der Waals surface area contributed by atoms with E-state index in [-0.39, 0.29) is 0 Å². The first-order chi connectivity index (χ1) is 3.41. The molecule has 0 spiro atoms. The Morgan fingerprint density at radius 1 is 1.29 bits per heavy atom. The summed E-state index contributed by atoms with van der Waals surface area (Å²) < 4.78 is 9.22. The molecule has 7 heavy (non-hydrogen) atoms. The molecule has 0 aromatic rings. The van der Waals surface area contributed by atoms with Crippen molar-refractivity contribution >= 4 is 30.6 Å². The van der Waals surface area contributed by atoms with Crippen LogP contribution in [0.2, 0.25) is 0 Å². The monoisotopic (exact) mass is 158 g/mol. The van der Waals surface area contributed by atoms with Crippen molar-refractivity contribution in [1.29, 1.82) is 0 Å². The van der Waals surface area contributed by atoms with Crippen LogP contribution in [0.5, 0.6) is 0 Å². The predicted octanol–water partition coefficient (Wildman–Crippen LogP) is -1.22. The molecule has 0 unspecified atom stereocenters. The second-order valence-electron chi connectivity index (χ2n) is 0.695. The summed E-state index contributed by atoms with van der Waals surface area (Å²) in [5.74, 6) is 0. The van der Waals surface area contributed by atoms with E-state index in [9.17, 15) is 0 Å². The molecule has 0 saturated heterocycles. The van der Waals surface area contributed by atoms with Gasteiger partial charge in [0.15, 0.2) is 0 Å². The largest absolute Gasteiger partial charge is 0.402 e. The van der Waals surface area contributed by atoms with Gasteiger partial charge in [0.1, 0.15) is 9.55 Å². The van der Waals surface area contributed by atoms with Gasteiger partial charge in [0.2, 0.25) is 0 Å². The summed E-state index contributed by atoms with van der Waals surface area (Å²) in [6.07, 6.45) is 0. The Kier molecular flexibility index (Phi) is 24.1. The van der Waals surface area contributed by atoms with Crippen molar-refractivity contribution in [2.24, 2.45) is 0 Å². The van der Waals surface area contributed by atoms with Gasteiger partial charge in [-0.15, -0.1) is 0 Å². The molecule has 0 aliphatic heterocycles. The minimum Gasteiger partial charge on any atom is -0.402 e. The zero-order valence-electron chi connectivity index (χ0n) is 4.90. The summed E-state index contributed by atoms with van der Waals surface area (Å²) in [4.78, 5) is 0. The number of halogens is 1. The van der Waals surface area contributed by atoms with Gasteiger partial charge < -0.3 is 8.85 Å². The third-order valence-electron chi connectivity index (χ3n) is 0.236. The molecule has 0 aromatic carbocycles. The first kappa shape index (κ1) is 10.6. The van der Waals surface area contributed by atoms with Crippen LogP contribution in [0.3, 0.4) is 0 Å². The molecule has 2 nitrogen and oxygen atoms in total. The van der Waals surface area contributed by atoms with Gasteiger partial charge >= 0.3 is 10.0 Å². The highest BCUT2D eigenvalue weighted by Gasteiger charge is 1.67. The third-order valence-corrected chi connectivity index (χ3v) is 0.707. The van der Waals surface area contributed by atoms with Crippen LogP contribution >= 0.6 is 11.1 Å². The lowest BCUT2D eigenvalue weighted by Crippen LogP contribution is -1.93. The van der Waals surface area contributed by atoms with Crippen molar-refractivity contribution in [3.8, 4) is 0 Å². The Balaban J connectivity index is 0. The fourth-order valence-corrected chi connectivity index (χ4v) is 0.354. The van der Waals surface area contributed by atoms with E-state index in [1.54, 1.807) is 14.2 Å². The van der Waals surface area contributed by atoms with Gasteiger partial charge in [-0.05, 0) is 0 Å². The maximum atomic E-state index is 4.78. The van der Waals surface area contributed by atoms with Crippen molar-refractivity contribution in [1.82, 2.24) is 0 Å². The normalized spacial score (nSPS) is 7.29. The van der Waals surface area contributed by atoms with Crippen LogP contribution in [-0.4, -0.2) is 33.8 Å². The lowest BCUT2D eigenvalue weighted by molar-refractivity contribution is 0.309. The number of hydrogen-bond donors (Lipinski definition) is 0. The lowest BCUT2D eigenvalue weighted by atomic mass is 11.8. The SMILES string of the molecule is CO[SiH2]OC.[SiH3]Cl. The zero-order valence-corrected chi connectivity index (χ0v) is 9.07. The summed E-state index contributed by atoms with van der Waals surface area (Å²) in [6.45, 7) is 0. The Labute approximate surface area is 54.3 Å². The van der Waals surface area contributed by atoms with Crippen molar-refractivity contribution in [2.75, 3.05) is 14.2 Å². The van der Waals surface area contributed by atoms with E-state index in [0.717, 1.165) is 9.55 Å². The average Bonchev–Trinajstić information content (AvgIpc) is 1.75. The molecule has 0 aromatic heterocycles. The highest BCUT2D eigenvalue weighted by Crippen LogP contribution is 1.55. The summed E-state index contributed by atoms with van der Waals surface area (Å²) >= 11 is 4.78. The summed E-state index contributed by atoms with van der Waals surface area (Å²) in [5.41, 5.74) is 0. The van der Waals surface area contributed by atoms with Gasteiger partial charge in [0.25, 0.3) is 0 Å². The smallest absolute Gasteiger partial charge is 0.303 e. The highest BCUT2D eigenvalue weighted by molar-refractivity contribution is 6.80. The molecule has 0 saturated carbocycles. The molecule has 0 atom stereocenters. The Morgan fingerprint density at radius 2 is 1.57 bits per heavy atom. The topological polar surface area (TPSA) is 18.5 Å². The first-order valence-corrected chi connectivity index (χ1v) is 5.95. The molecule has 0 amide bonds. The summed E-state index contributed by atoms with van der Waals surface area (Å²) in [5, 5.41) is 0. The molecule has 0 aliphatic rings. The predicted molar refractivity (Wildman–Crippen MR) is 38.4 cm³/mol. The van der Waals surface area contributed by atoms with Crippen molar-refractivity contribution in [2.45, 2.75) is 0 Å². The molecular weight excluding hydrogens is 148 g/mol. The zero-order chi connectivity index (χ0) is 6.12. The fourth-order valence-electron chi connectivity index (χ4n) is 0.118. The Hall–Kier alpha value is 0.644. The Bertz CT molecular complexity index is 21.2. The quantitative estimate of drug-likeness (QED) is 0.371. The molecule has 0 N–H and O–H groups in total. The minimum atomic E-state index is -0.568. The highest BCUT2D eigenvalue weighted by atomic mass is 35.6. The molecule has 46 valence electrons. The summed E-state index contributed by atoms with van der Waals surface area (Å²) in [7, 11) is 3.51. The van der Waals surface area contributed by atoms with Crippen molar-refractivity contribution in [3.05, 3.63) is 0 Å². The fraction of sp³-hybridized carbons (Fsp3) is 1.00. The Morgan fingerprint density at radius 3 is 1.57 bits per heavy atom. The van der Waals surface area contributed by atoms with Crippen LogP contribution in [0.1, 0.15) is 0 Å². The van der Waals surface area contributed by atoms with Crippen LogP contribution in [0.15, 0.2) is 0 Å². The van der Waals surface area contributed by atoms with Crippen LogP contribution in [0, 0.1) is 0 Å². The van der Waals surface area contributed by atoms with Gasteiger partial charge in [0, 0.05) is 14.2 Å². The molecule has 5 heteroatoms. The number of rotatable bonds is 2. The summed E-state index contributed by atoms with van der Waals surface area (Å²) in [6, 6.07) is 0. The van der Waals surface area contributed by atoms with Gasteiger partial charge in [-0.25, -0.2) is 0 Å². The van der Waals surface area contributed by atoms with E-state index in [1.165, 1.54) is 0 Å². The van der Waals surface area contributed by atoms with E-state index in [4.69, 9.17) is 11.1 Å². The standard InChI is InChI=1S/C2H8O2Si.ClH3Si/c1-3-5-4-2;1-2/h5H2,1-2H3;2H3. The van der Waals surface area contributed by atoms with E-state index in [0.29, 0.717) is 0 Å². The third kappa shape index (κ3) is 20.5. The molecule has 0 aliphatic carbocycles. The average molecular weight is 159 g/mol. The molecule has 0 heterocycles. The molecule has 0 radical (unpaired) electrons. The van der Waals surface area contributed by atoms with E-state index in [1.807, 2.05) is 0 Å². The van der Waals surface area contributed by atoms with Gasteiger partial charge in [-0.3, -0.25) is 0 Å². The van der Waals surface area contributed by atoms with Gasteiger partial charge in [-0.2, -0.15) is 11.1 Å². The maximum absolute atomic E-state index is 4.78. The van der Waals surface area contributed by atoms with Gasteiger partial charge in [-0.1, -0.05) is 0 Å². The number of hydrogen-bond acceptors (Lipinski definition) is 2. The van der Waals surface area contributed by atoms with Crippen LogP contribution < -0.4 is 0 Å². The van der Waals surface area contributed by atoms with Crippen molar-refractivity contribution in [3.63, 3.8) is 0 Å². The maximum Gasteiger partial charge on any atom is 0.303 e. The van der Waals surface area contributed by atoms with E-state index in [2.05, 4.69) is 8.85 Å². The van der Waals surface area contributed by atoms with E-state index < -0.39 is 10.0 Å². The van der Waals surface area contributed by atoms with Crippen molar-refractivity contribution < 1.29 is 8.85 Å². The molecule has 0 fully saturated rings. The molecule has 0 bridgehead atoms. The second kappa shape index (κ2) is 15.9. The van der Waals surface area contributed by atoms with Crippen LogP contribution in [-0.2, 0) is 8.85 Å². The minimum absolute atomic E-state index is 0.568. The van der Waals surface area contributed by atoms with Crippen LogP contribution in [0.4, 0.5) is 0 Å². The first-order valence-electron chi connectivity index (χ1n) is 1.77. The molecular formula is C2H11ClO2Si2. The van der Waals surface area contributed by atoms with Crippen LogP contribution in [0.25, 0.3) is 0 Å². The molecule has 0 rings (SSSR count). The lowest BCUT2D eigenvalue weighted by Gasteiger charge is -1.86. The van der Waals surface area contributed by atoms with E-state index >= 15 is 0 Å². The second-order valence-corrected chi connectivity index (χ2v) is 2.09.